The smallest absolute Gasteiger partial charge is 0.329 e. The number of likely N-dealkylation sites (tertiary alicyclic amines) is 2. The van der Waals surface area contributed by atoms with Gasteiger partial charge in [0.25, 0.3) is 0 Å². The minimum absolute atomic E-state index is 0.0112. The van der Waals surface area contributed by atoms with E-state index in [0.29, 0.717) is 6.54 Å². The van der Waals surface area contributed by atoms with Crippen molar-refractivity contribution in [2.75, 3.05) is 13.1 Å². The Balaban J connectivity index is 1.65. The number of carbonyl (C=O) groups is 2. The monoisotopic (exact) mass is 384 g/mol. The molecule has 0 radical (unpaired) electrons. The Morgan fingerprint density at radius 3 is 2.57 bits per heavy atom. The molecule has 0 N–H and O–H groups in total. The number of para-hydroxylation sites is 2. The third-order valence-corrected chi connectivity index (χ3v) is 6.70. The Bertz CT molecular complexity index is 991. The molecule has 0 spiro atoms. The lowest BCUT2D eigenvalue weighted by atomic mass is 9.76. The maximum Gasteiger partial charge on any atom is 0.329 e. The van der Waals surface area contributed by atoms with Crippen LogP contribution in [-0.2, 0) is 23.2 Å². The van der Waals surface area contributed by atoms with Gasteiger partial charge in [-0.25, -0.2) is 4.79 Å². The third-order valence-electron chi connectivity index (χ3n) is 6.70. The van der Waals surface area contributed by atoms with Crippen LogP contribution in [-0.4, -0.2) is 55.4 Å². The van der Waals surface area contributed by atoms with Crippen LogP contribution in [0.1, 0.15) is 39.5 Å². The van der Waals surface area contributed by atoms with E-state index in [-0.39, 0.29) is 35.6 Å². The van der Waals surface area contributed by atoms with E-state index in [0.717, 1.165) is 43.3 Å². The fourth-order valence-corrected chi connectivity index (χ4v) is 5.30. The summed E-state index contributed by atoms with van der Waals surface area (Å²) in [6, 6.07) is 7.55. The number of fused-ring (bicyclic) bond motifs is 2. The Morgan fingerprint density at radius 1 is 1.14 bits per heavy atom. The molecule has 1 aromatic carbocycles. The van der Waals surface area contributed by atoms with Crippen molar-refractivity contribution in [3.63, 3.8) is 0 Å². The highest BCUT2D eigenvalue weighted by Gasteiger charge is 2.49. The van der Waals surface area contributed by atoms with E-state index >= 15 is 0 Å². The summed E-state index contributed by atoms with van der Waals surface area (Å²) >= 11 is 0. The summed E-state index contributed by atoms with van der Waals surface area (Å²) in [5.74, 6) is 0.0338. The quantitative estimate of drug-likeness (QED) is 0.792. The molecule has 0 unspecified atom stereocenters. The minimum Gasteiger partial charge on any atom is -0.336 e. The summed E-state index contributed by atoms with van der Waals surface area (Å²) in [7, 11) is 1.73. The summed E-state index contributed by atoms with van der Waals surface area (Å²) in [6.07, 6.45) is 3.58. The van der Waals surface area contributed by atoms with Crippen molar-refractivity contribution in [2.45, 2.75) is 57.7 Å². The number of rotatable bonds is 2. The zero-order valence-electron chi connectivity index (χ0n) is 16.9. The zero-order chi connectivity index (χ0) is 20.1. The van der Waals surface area contributed by atoms with Crippen LogP contribution in [0.4, 0.5) is 0 Å². The lowest BCUT2D eigenvalue weighted by Crippen LogP contribution is -2.68. The number of amides is 2. The number of aryl methyl sites for hydroxylation is 1. The van der Waals surface area contributed by atoms with Gasteiger partial charge in [0.2, 0.25) is 11.8 Å². The summed E-state index contributed by atoms with van der Waals surface area (Å²) in [5, 5.41) is 0. The van der Waals surface area contributed by atoms with Gasteiger partial charge in [-0.05, 0) is 44.7 Å². The minimum atomic E-state index is -0.318. The standard InChI is InChI=1S/C21H28N4O3/c1-15(26)25-13-6-10-18-21(25,2)11-7-12-23(18)19(27)14-24-17-9-5-4-8-16(17)22(3)20(24)28/h4-5,8-9,18H,6-7,10-14H2,1-3H3/t18-,21+/m1/s1. The van der Waals surface area contributed by atoms with Crippen LogP contribution in [0.5, 0.6) is 0 Å². The van der Waals surface area contributed by atoms with Gasteiger partial charge < -0.3 is 9.80 Å². The van der Waals surface area contributed by atoms with Crippen LogP contribution >= 0.6 is 0 Å². The van der Waals surface area contributed by atoms with Gasteiger partial charge in [-0.15, -0.1) is 0 Å². The van der Waals surface area contributed by atoms with Crippen molar-refractivity contribution in [2.24, 2.45) is 7.05 Å². The van der Waals surface area contributed by atoms with Crippen LogP contribution in [0.15, 0.2) is 29.1 Å². The molecule has 2 aliphatic heterocycles. The van der Waals surface area contributed by atoms with Gasteiger partial charge in [0.15, 0.2) is 0 Å². The van der Waals surface area contributed by atoms with E-state index in [9.17, 15) is 14.4 Å². The fraction of sp³-hybridized carbons (Fsp3) is 0.571. The molecule has 2 aliphatic rings. The molecule has 28 heavy (non-hydrogen) atoms. The Labute approximate surface area is 164 Å². The number of benzene rings is 1. The average Bonchev–Trinajstić information content (AvgIpc) is 2.91. The molecule has 3 heterocycles. The lowest BCUT2D eigenvalue weighted by Gasteiger charge is -2.56. The average molecular weight is 384 g/mol. The zero-order valence-corrected chi connectivity index (χ0v) is 16.9. The second kappa shape index (κ2) is 6.79. The van der Waals surface area contributed by atoms with Gasteiger partial charge in [-0.3, -0.25) is 18.7 Å². The van der Waals surface area contributed by atoms with Gasteiger partial charge in [0.1, 0.15) is 6.54 Å². The molecule has 0 bridgehead atoms. The number of nitrogens with zero attached hydrogens (tertiary/aromatic N) is 4. The number of aromatic nitrogens is 2. The first kappa shape index (κ1) is 18.8. The number of carbonyl (C=O) groups excluding carboxylic acids is 2. The number of hydrogen-bond donors (Lipinski definition) is 0. The molecule has 7 nitrogen and oxygen atoms in total. The van der Waals surface area contributed by atoms with E-state index in [1.165, 1.54) is 0 Å². The first-order chi connectivity index (χ1) is 13.3. The van der Waals surface area contributed by atoms with Crippen LogP contribution in [0.2, 0.25) is 0 Å². The molecule has 0 aliphatic carbocycles. The van der Waals surface area contributed by atoms with E-state index in [4.69, 9.17) is 0 Å². The van der Waals surface area contributed by atoms with Crippen LogP contribution in [0.25, 0.3) is 11.0 Å². The molecule has 1 aromatic heterocycles. The third kappa shape index (κ3) is 2.75. The Hall–Kier alpha value is -2.57. The second-order valence-electron chi connectivity index (χ2n) is 8.29. The molecular weight excluding hydrogens is 356 g/mol. The number of imidazole rings is 1. The van der Waals surface area contributed by atoms with Crippen molar-refractivity contribution in [1.29, 1.82) is 0 Å². The number of hydrogen-bond acceptors (Lipinski definition) is 3. The second-order valence-corrected chi connectivity index (χ2v) is 8.29. The van der Waals surface area contributed by atoms with Gasteiger partial charge in [0, 0.05) is 27.1 Å². The van der Waals surface area contributed by atoms with Gasteiger partial charge in [0.05, 0.1) is 22.6 Å². The maximum absolute atomic E-state index is 13.3. The first-order valence-electron chi connectivity index (χ1n) is 10.1. The van der Waals surface area contributed by atoms with Gasteiger partial charge in [-0.1, -0.05) is 12.1 Å². The fourth-order valence-electron chi connectivity index (χ4n) is 5.30. The largest absolute Gasteiger partial charge is 0.336 e. The molecule has 2 aromatic rings. The topological polar surface area (TPSA) is 67.6 Å². The van der Waals surface area contributed by atoms with Gasteiger partial charge >= 0.3 is 5.69 Å². The maximum atomic E-state index is 13.3. The van der Waals surface area contributed by atoms with Crippen molar-refractivity contribution in [3.05, 3.63) is 34.7 Å². The highest BCUT2D eigenvalue weighted by Crippen LogP contribution is 2.39. The van der Waals surface area contributed by atoms with E-state index in [1.807, 2.05) is 34.1 Å². The van der Waals surface area contributed by atoms with E-state index in [1.54, 1.807) is 23.1 Å². The van der Waals surface area contributed by atoms with Crippen molar-refractivity contribution < 1.29 is 9.59 Å². The molecule has 2 atom stereocenters. The van der Waals surface area contributed by atoms with Crippen LogP contribution in [0.3, 0.4) is 0 Å². The Kier molecular flexibility index (Phi) is 4.56. The van der Waals surface area contributed by atoms with Crippen molar-refractivity contribution in [3.8, 4) is 0 Å². The van der Waals surface area contributed by atoms with Crippen molar-refractivity contribution >= 4 is 22.8 Å². The van der Waals surface area contributed by atoms with Gasteiger partial charge in [-0.2, -0.15) is 0 Å². The molecule has 150 valence electrons. The molecule has 2 fully saturated rings. The SMILES string of the molecule is CC(=O)N1CCC[C@H]2N(C(=O)Cn3c(=O)n(C)c4ccccc43)CCC[C@@]21C. The summed E-state index contributed by atoms with van der Waals surface area (Å²) in [4.78, 5) is 42.1. The summed E-state index contributed by atoms with van der Waals surface area (Å²) < 4.78 is 3.15. The predicted octanol–water partition coefficient (Wildman–Crippen LogP) is 1.73. The summed E-state index contributed by atoms with van der Waals surface area (Å²) in [6.45, 7) is 5.20. The molecule has 0 saturated carbocycles. The molecule has 4 rings (SSSR count). The van der Waals surface area contributed by atoms with E-state index in [2.05, 4.69) is 6.92 Å². The molecular formula is C21H28N4O3. The highest BCUT2D eigenvalue weighted by atomic mass is 16.2. The van der Waals surface area contributed by atoms with Crippen LogP contribution < -0.4 is 5.69 Å². The Morgan fingerprint density at radius 2 is 1.86 bits per heavy atom. The van der Waals surface area contributed by atoms with Crippen molar-refractivity contribution in [1.82, 2.24) is 18.9 Å². The molecule has 2 saturated heterocycles. The highest BCUT2D eigenvalue weighted by molar-refractivity contribution is 5.81. The van der Waals surface area contributed by atoms with Crippen LogP contribution in [0, 0.1) is 0 Å². The predicted molar refractivity (Wildman–Crippen MR) is 107 cm³/mol. The molecule has 2 amide bonds. The molecule has 7 heteroatoms. The first-order valence-corrected chi connectivity index (χ1v) is 10.1. The normalized spacial score (nSPS) is 25.0. The number of piperidine rings is 2. The lowest BCUT2D eigenvalue weighted by molar-refractivity contribution is -0.154. The summed E-state index contributed by atoms with van der Waals surface area (Å²) in [5.41, 5.74) is 1.10. The van der Waals surface area contributed by atoms with E-state index < -0.39 is 0 Å².